The SMILES string of the molecule is C[Si](C)(C)OP(=O)(O)CP(=O)(O)O. The van der Waals surface area contributed by atoms with Crippen molar-refractivity contribution in [3.05, 3.63) is 0 Å². The molecule has 80 valence electrons. The molecule has 0 aliphatic heterocycles. The highest BCUT2D eigenvalue weighted by Crippen LogP contribution is 2.56. The lowest BCUT2D eigenvalue weighted by Crippen LogP contribution is -2.24. The van der Waals surface area contributed by atoms with Gasteiger partial charge in [0, 0.05) is 0 Å². The third-order valence-corrected chi connectivity index (χ3v) is 7.02. The second-order valence-electron chi connectivity index (χ2n) is 3.65. The third kappa shape index (κ3) is 8.84. The normalized spacial score (nSPS) is 18.3. The molecule has 1 unspecified atom stereocenters. The number of hydrogen-bond acceptors (Lipinski definition) is 3. The Hall–Kier alpha value is 0.517. The summed E-state index contributed by atoms with van der Waals surface area (Å²) in [4.78, 5) is 26.0. The minimum absolute atomic E-state index is 1.11. The van der Waals surface area contributed by atoms with Gasteiger partial charge in [-0.05, 0) is 19.6 Å². The van der Waals surface area contributed by atoms with Crippen LogP contribution in [0.5, 0.6) is 0 Å². The zero-order valence-electron chi connectivity index (χ0n) is 7.67. The largest absolute Gasteiger partial charge is 0.351 e. The zero-order chi connectivity index (χ0) is 10.9. The van der Waals surface area contributed by atoms with Crippen LogP contribution in [-0.4, -0.2) is 28.9 Å². The maximum atomic E-state index is 11.1. The van der Waals surface area contributed by atoms with Crippen molar-refractivity contribution in [2.24, 2.45) is 0 Å². The average Bonchev–Trinajstić information content (AvgIpc) is 1.43. The predicted molar refractivity (Wildman–Crippen MR) is 51.2 cm³/mol. The van der Waals surface area contributed by atoms with Crippen LogP contribution in [0.25, 0.3) is 0 Å². The van der Waals surface area contributed by atoms with Crippen molar-refractivity contribution in [1.82, 2.24) is 0 Å². The Morgan fingerprint density at radius 2 is 1.54 bits per heavy atom. The highest BCUT2D eigenvalue weighted by molar-refractivity contribution is 7.70. The molecule has 0 fully saturated rings. The van der Waals surface area contributed by atoms with Crippen LogP contribution in [0.4, 0.5) is 0 Å². The Morgan fingerprint density at radius 3 is 1.77 bits per heavy atom. The Balaban J connectivity index is 4.44. The highest BCUT2D eigenvalue weighted by atomic mass is 31.2. The molecule has 0 rings (SSSR count). The first-order valence-corrected chi connectivity index (χ1v) is 10.5. The van der Waals surface area contributed by atoms with E-state index in [-0.39, 0.29) is 0 Å². The zero-order valence-corrected chi connectivity index (χ0v) is 10.5. The van der Waals surface area contributed by atoms with Crippen LogP contribution in [0.15, 0.2) is 0 Å². The van der Waals surface area contributed by atoms with Crippen molar-refractivity contribution in [2.75, 3.05) is 5.90 Å². The average molecular weight is 248 g/mol. The lowest BCUT2D eigenvalue weighted by atomic mass is 11.8. The van der Waals surface area contributed by atoms with Crippen LogP contribution in [0.1, 0.15) is 0 Å². The summed E-state index contributed by atoms with van der Waals surface area (Å²) in [6.07, 6.45) is 0. The molecule has 0 heterocycles. The van der Waals surface area contributed by atoms with Gasteiger partial charge in [-0.3, -0.25) is 9.13 Å². The van der Waals surface area contributed by atoms with Gasteiger partial charge < -0.3 is 18.9 Å². The molecule has 0 spiro atoms. The second-order valence-corrected chi connectivity index (χ2v) is 12.3. The fourth-order valence-corrected chi connectivity index (χ4v) is 6.73. The summed E-state index contributed by atoms with van der Waals surface area (Å²) in [5.74, 6) is -1.11. The van der Waals surface area contributed by atoms with Crippen molar-refractivity contribution in [2.45, 2.75) is 19.6 Å². The van der Waals surface area contributed by atoms with Gasteiger partial charge >= 0.3 is 15.2 Å². The van der Waals surface area contributed by atoms with Gasteiger partial charge in [0.1, 0.15) is 0 Å². The summed E-state index contributed by atoms with van der Waals surface area (Å²) in [7, 11) is -10.9. The fraction of sp³-hybridized carbons (Fsp3) is 1.00. The fourth-order valence-electron chi connectivity index (χ4n) is 0.690. The molecule has 13 heavy (non-hydrogen) atoms. The molecule has 3 N–H and O–H groups in total. The van der Waals surface area contributed by atoms with Crippen LogP contribution in [0.3, 0.4) is 0 Å². The minimum atomic E-state index is -4.49. The van der Waals surface area contributed by atoms with Crippen LogP contribution in [-0.2, 0) is 13.3 Å². The van der Waals surface area contributed by atoms with Crippen molar-refractivity contribution in [3.63, 3.8) is 0 Å². The van der Waals surface area contributed by atoms with Crippen molar-refractivity contribution in [3.8, 4) is 0 Å². The van der Waals surface area contributed by atoms with E-state index in [1.54, 1.807) is 19.6 Å². The van der Waals surface area contributed by atoms with Gasteiger partial charge in [0.2, 0.25) is 0 Å². The lowest BCUT2D eigenvalue weighted by molar-refractivity contribution is 0.359. The van der Waals surface area contributed by atoms with Gasteiger partial charge in [0.15, 0.2) is 14.2 Å². The molecule has 0 aliphatic carbocycles. The molecule has 0 aromatic carbocycles. The minimum Gasteiger partial charge on any atom is -0.351 e. The Kier molecular flexibility index (Phi) is 4.10. The van der Waals surface area contributed by atoms with E-state index in [9.17, 15) is 9.13 Å². The van der Waals surface area contributed by atoms with E-state index in [1.165, 1.54) is 0 Å². The summed E-state index contributed by atoms with van der Waals surface area (Å²) in [6, 6.07) is 0. The van der Waals surface area contributed by atoms with E-state index < -0.39 is 29.4 Å². The van der Waals surface area contributed by atoms with Crippen LogP contribution >= 0.6 is 15.2 Å². The number of hydrogen-bond donors (Lipinski definition) is 3. The lowest BCUT2D eigenvalue weighted by Gasteiger charge is -2.21. The Labute approximate surface area is 77.8 Å². The molecule has 0 saturated carbocycles. The summed E-state index contributed by atoms with van der Waals surface area (Å²) >= 11 is 0. The molecule has 9 heteroatoms. The van der Waals surface area contributed by atoms with Crippen LogP contribution < -0.4 is 0 Å². The van der Waals surface area contributed by atoms with Crippen LogP contribution in [0, 0.1) is 0 Å². The molecule has 6 nitrogen and oxygen atoms in total. The van der Waals surface area contributed by atoms with Gasteiger partial charge in [-0.2, -0.15) is 0 Å². The summed E-state index contributed by atoms with van der Waals surface area (Å²) in [6.45, 7) is 4.99. The van der Waals surface area contributed by atoms with E-state index in [2.05, 4.69) is 0 Å². The molecule has 0 aliphatic rings. The molecule has 0 aromatic heterocycles. The van der Waals surface area contributed by atoms with Crippen LogP contribution in [0.2, 0.25) is 19.6 Å². The summed E-state index contributed by atoms with van der Waals surface area (Å²) in [5, 5.41) is 0. The topological polar surface area (TPSA) is 104 Å². The van der Waals surface area contributed by atoms with Gasteiger partial charge in [0.25, 0.3) is 0 Å². The molecule has 0 aromatic rings. The van der Waals surface area contributed by atoms with E-state index in [1.807, 2.05) is 0 Å². The Bertz CT molecular complexity index is 264. The van der Waals surface area contributed by atoms with E-state index in [4.69, 9.17) is 18.9 Å². The molecule has 1 atom stereocenters. The second kappa shape index (κ2) is 3.94. The van der Waals surface area contributed by atoms with E-state index >= 15 is 0 Å². The molecule has 0 amide bonds. The maximum absolute atomic E-state index is 11.1. The molecule has 0 saturated heterocycles. The van der Waals surface area contributed by atoms with Gasteiger partial charge in [-0.15, -0.1) is 0 Å². The first-order valence-electron chi connectivity index (χ1n) is 3.48. The first kappa shape index (κ1) is 13.5. The van der Waals surface area contributed by atoms with E-state index in [0.29, 0.717) is 0 Å². The molecule has 0 bridgehead atoms. The monoisotopic (exact) mass is 248 g/mol. The van der Waals surface area contributed by atoms with E-state index in [0.717, 1.165) is 0 Å². The van der Waals surface area contributed by atoms with Gasteiger partial charge in [-0.25, -0.2) is 0 Å². The van der Waals surface area contributed by atoms with Crippen molar-refractivity contribution >= 4 is 23.5 Å². The Morgan fingerprint density at radius 1 is 1.15 bits per heavy atom. The third-order valence-electron chi connectivity index (χ3n) is 0.779. The summed E-state index contributed by atoms with van der Waals surface area (Å²) < 4.78 is 26.3. The predicted octanol–water partition coefficient (Wildman–Crippen LogP) is 1.16. The smallest absolute Gasteiger partial charge is 0.337 e. The quantitative estimate of drug-likeness (QED) is 0.509. The van der Waals surface area contributed by atoms with Crippen molar-refractivity contribution < 1.29 is 28.0 Å². The molecular weight excluding hydrogens is 234 g/mol. The highest BCUT2D eigenvalue weighted by Gasteiger charge is 2.35. The van der Waals surface area contributed by atoms with Crippen molar-refractivity contribution in [1.29, 1.82) is 0 Å². The van der Waals surface area contributed by atoms with Gasteiger partial charge in [-0.1, -0.05) is 0 Å². The summed E-state index contributed by atoms with van der Waals surface area (Å²) in [5.41, 5.74) is 0. The number of rotatable bonds is 4. The standard InChI is InChI=1S/C4H14O6P2Si/c1-13(2,3)10-12(8,9)4-11(5,6)7/h4H2,1-3H3,(H,8,9)(H2,5,6,7). The molecule has 0 radical (unpaired) electrons. The first-order chi connectivity index (χ1) is 5.41. The van der Waals surface area contributed by atoms with Gasteiger partial charge in [0.05, 0.1) is 0 Å². The molecular formula is C4H14O6P2Si. The maximum Gasteiger partial charge on any atom is 0.337 e.